The van der Waals surface area contributed by atoms with Crippen LogP contribution in [0.2, 0.25) is 0 Å². The van der Waals surface area contributed by atoms with Crippen molar-refractivity contribution in [3.8, 4) is 0 Å². The fourth-order valence-electron chi connectivity index (χ4n) is 1.88. The molecule has 1 atom stereocenters. The molecular weight excluding hydrogens is 198 g/mol. The summed E-state index contributed by atoms with van der Waals surface area (Å²) < 4.78 is 2.18. The monoisotopic (exact) mass is 223 g/mol. The molecule has 16 heavy (non-hydrogen) atoms. The molecule has 0 radical (unpaired) electrons. The van der Waals surface area contributed by atoms with Gasteiger partial charge in [-0.1, -0.05) is 20.8 Å². The van der Waals surface area contributed by atoms with Crippen LogP contribution in [0.15, 0.2) is 6.07 Å². The van der Waals surface area contributed by atoms with Crippen molar-refractivity contribution in [2.75, 3.05) is 13.1 Å². The second kappa shape index (κ2) is 6.69. The zero-order valence-corrected chi connectivity index (χ0v) is 11.1. The van der Waals surface area contributed by atoms with Crippen molar-refractivity contribution in [1.29, 1.82) is 0 Å². The van der Waals surface area contributed by atoms with Gasteiger partial charge < -0.3 is 5.32 Å². The SMILES string of the molecule is CCCNCC(C)n1nc(CC)cc1CC. The summed E-state index contributed by atoms with van der Waals surface area (Å²) in [6.45, 7) is 10.9. The molecule has 0 aliphatic carbocycles. The Morgan fingerprint density at radius 2 is 2.06 bits per heavy atom. The molecule has 1 aromatic heterocycles. The minimum atomic E-state index is 0.446. The first-order valence-corrected chi connectivity index (χ1v) is 6.50. The van der Waals surface area contributed by atoms with E-state index < -0.39 is 0 Å². The van der Waals surface area contributed by atoms with Gasteiger partial charge in [0.05, 0.1) is 11.7 Å². The molecule has 0 amide bonds. The summed E-state index contributed by atoms with van der Waals surface area (Å²) in [5, 5.41) is 8.11. The third kappa shape index (κ3) is 3.34. The topological polar surface area (TPSA) is 29.9 Å². The maximum absolute atomic E-state index is 4.65. The van der Waals surface area contributed by atoms with E-state index >= 15 is 0 Å². The van der Waals surface area contributed by atoms with Gasteiger partial charge in [-0.3, -0.25) is 4.68 Å². The summed E-state index contributed by atoms with van der Waals surface area (Å²) in [5.74, 6) is 0. The van der Waals surface area contributed by atoms with E-state index in [0.29, 0.717) is 6.04 Å². The second-order valence-electron chi connectivity index (χ2n) is 4.33. The van der Waals surface area contributed by atoms with Crippen LogP contribution in [-0.4, -0.2) is 22.9 Å². The maximum atomic E-state index is 4.65. The summed E-state index contributed by atoms with van der Waals surface area (Å²) in [6, 6.07) is 2.68. The number of hydrogen-bond acceptors (Lipinski definition) is 2. The molecule has 0 saturated heterocycles. The molecule has 1 heterocycles. The molecule has 0 spiro atoms. The molecule has 0 saturated carbocycles. The van der Waals surface area contributed by atoms with E-state index in [-0.39, 0.29) is 0 Å². The fourth-order valence-corrected chi connectivity index (χ4v) is 1.88. The highest BCUT2D eigenvalue weighted by molar-refractivity contribution is 5.11. The van der Waals surface area contributed by atoms with Crippen molar-refractivity contribution in [1.82, 2.24) is 15.1 Å². The molecule has 3 heteroatoms. The highest BCUT2D eigenvalue weighted by atomic mass is 15.3. The predicted octanol–water partition coefficient (Wildman–Crippen LogP) is 2.57. The van der Waals surface area contributed by atoms with Crippen LogP contribution in [0.3, 0.4) is 0 Å². The number of hydrogen-bond donors (Lipinski definition) is 1. The Labute approximate surface area is 99.2 Å². The van der Waals surface area contributed by atoms with Crippen molar-refractivity contribution >= 4 is 0 Å². The van der Waals surface area contributed by atoms with Crippen LogP contribution in [0.1, 0.15) is 51.5 Å². The molecule has 0 aromatic carbocycles. The van der Waals surface area contributed by atoms with Gasteiger partial charge in [-0.15, -0.1) is 0 Å². The molecule has 3 nitrogen and oxygen atoms in total. The minimum Gasteiger partial charge on any atom is -0.315 e. The van der Waals surface area contributed by atoms with E-state index in [0.717, 1.165) is 25.9 Å². The molecule has 92 valence electrons. The average Bonchev–Trinajstić information content (AvgIpc) is 2.72. The third-order valence-electron chi connectivity index (χ3n) is 2.87. The van der Waals surface area contributed by atoms with E-state index in [4.69, 9.17) is 0 Å². The Morgan fingerprint density at radius 3 is 2.62 bits per heavy atom. The average molecular weight is 223 g/mol. The number of rotatable bonds is 7. The highest BCUT2D eigenvalue weighted by Gasteiger charge is 2.10. The number of nitrogens with one attached hydrogen (secondary N) is 1. The lowest BCUT2D eigenvalue weighted by Crippen LogP contribution is -2.25. The largest absolute Gasteiger partial charge is 0.315 e. The van der Waals surface area contributed by atoms with E-state index in [9.17, 15) is 0 Å². The minimum absolute atomic E-state index is 0.446. The van der Waals surface area contributed by atoms with Gasteiger partial charge >= 0.3 is 0 Å². The number of aryl methyl sites for hydroxylation is 2. The second-order valence-corrected chi connectivity index (χ2v) is 4.33. The summed E-state index contributed by atoms with van der Waals surface area (Å²) in [5.41, 5.74) is 2.56. The number of aromatic nitrogens is 2. The lowest BCUT2D eigenvalue weighted by molar-refractivity contribution is 0.439. The van der Waals surface area contributed by atoms with Crippen LogP contribution in [0, 0.1) is 0 Å². The van der Waals surface area contributed by atoms with E-state index in [1.807, 2.05) is 0 Å². The van der Waals surface area contributed by atoms with Crippen LogP contribution >= 0.6 is 0 Å². The van der Waals surface area contributed by atoms with Crippen LogP contribution in [0.5, 0.6) is 0 Å². The first-order valence-electron chi connectivity index (χ1n) is 6.50. The van der Waals surface area contributed by atoms with Gasteiger partial charge in [0.1, 0.15) is 0 Å². The zero-order chi connectivity index (χ0) is 12.0. The quantitative estimate of drug-likeness (QED) is 0.720. The number of nitrogens with zero attached hydrogens (tertiary/aromatic N) is 2. The molecule has 0 fully saturated rings. The first kappa shape index (κ1) is 13.2. The van der Waals surface area contributed by atoms with Gasteiger partial charge in [-0.2, -0.15) is 5.10 Å². The van der Waals surface area contributed by atoms with Crippen molar-refractivity contribution in [2.24, 2.45) is 0 Å². The Kier molecular flexibility index (Phi) is 5.53. The standard InChI is InChI=1S/C13H25N3/c1-5-8-14-10-11(4)16-13(7-3)9-12(6-2)15-16/h9,11,14H,5-8,10H2,1-4H3. The molecule has 0 aliphatic rings. The normalized spacial score (nSPS) is 13.0. The Hall–Kier alpha value is -0.830. The van der Waals surface area contributed by atoms with Gasteiger partial charge in [0.2, 0.25) is 0 Å². The van der Waals surface area contributed by atoms with Crippen LogP contribution in [-0.2, 0) is 12.8 Å². The van der Waals surface area contributed by atoms with E-state index in [1.54, 1.807) is 0 Å². The smallest absolute Gasteiger partial charge is 0.0624 e. The Morgan fingerprint density at radius 1 is 1.31 bits per heavy atom. The van der Waals surface area contributed by atoms with E-state index in [2.05, 4.69) is 48.9 Å². The predicted molar refractivity (Wildman–Crippen MR) is 68.9 cm³/mol. The molecule has 1 unspecified atom stereocenters. The van der Waals surface area contributed by atoms with Crippen molar-refractivity contribution in [3.05, 3.63) is 17.5 Å². The van der Waals surface area contributed by atoms with Crippen molar-refractivity contribution in [2.45, 2.75) is 53.0 Å². The van der Waals surface area contributed by atoms with Crippen LogP contribution in [0.25, 0.3) is 0 Å². The summed E-state index contributed by atoms with van der Waals surface area (Å²) >= 11 is 0. The molecule has 1 aromatic rings. The molecule has 1 rings (SSSR count). The first-order chi connectivity index (χ1) is 7.72. The van der Waals surface area contributed by atoms with Gasteiger partial charge in [-0.25, -0.2) is 0 Å². The highest BCUT2D eigenvalue weighted by Crippen LogP contribution is 2.12. The lowest BCUT2D eigenvalue weighted by atomic mass is 10.2. The molecule has 0 bridgehead atoms. The maximum Gasteiger partial charge on any atom is 0.0624 e. The lowest BCUT2D eigenvalue weighted by Gasteiger charge is -2.15. The van der Waals surface area contributed by atoms with Gasteiger partial charge in [0.25, 0.3) is 0 Å². The Bertz CT molecular complexity index is 304. The van der Waals surface area contributed by atoms with Gasteiger partial charge in [0, 0.05) is 12.2 Å². The summed E-state index contributed by atoms with van der Waals surface area (Å²) in [4.78, 5) is 0. The van der Waals surface area contributed by atoms with Crippen molar-refractivity contribution in [3.63, 3.8) is 0 Å². The summed E-state index contributed by atoms with van der Waals surface area (Å²) in [7, 11) is 0. The zero-order valence-electron chi connectivity index (χ0n) is 11.1. The third-order valence-corrected chi connectivity index (χ3v) is 2.87. The fraction of sp³-hybridized carbons (Fsp3) is 0.769. The van der Waals surface area contributed by atoms with Gasteiger partial charge in [-0.05, 0) is 38.8 Å². The van der Waals surface area contributed by atoms with Gasteiger partial charge in [0.15, 0.2) is 0 Å². The molecular formula is C13H25N3. The molecule has 0 aliphatic heterocycles. The van der Waals surface area contributed by atoms with Crippen molar-refractivity contribution < 1.29 is 0 Å². The van der Waals surface area contributed by atoms with Crippen LogP contribution < -0.4 is 5.32 Å². The Balaban J connectivity index is 2.65. The summed E-state index contributed by atoms with van der Waals surface area (Å²) in [6.07, 6.45) is 3.27. The van der Waals surface area contributed by atoms with E-state index in [1.165, 1.54) is 17.8 Å². The van der Waals surface area contributed by atoms with Crippen LogP contribution in [0.4, 0.5) is 0 Å². The molecule has 1 N–H and O–H groups in total.